The summed E-state index contributed by atoms with van der Waals surface area (Å²) in [5.41, 5.74) is 2.46. The van der Waals surface area contributed by atoms with E-state index >= 15 is 0 Å². The second kappa shape index (κ2) is 9.95. The van der Waals surface area contributed by atoms with Crippen LogP contribution in [-0.2, 0) is 6.42 Å². The number of carbonyl (C=O) groups is 1. The second-order valence-electron chi connectivity index (χ2n) is 6.14. The van der Waals surface area contributed by atoms with Crippen molar-refractivity contribution in [3.05, 3.63) is 88.4 Å². The van der Waals surface area contributed by atoms with Crippen molar-refractivity contribution >= 4 is 27.5 Å². The van der Waals surface area contributed by atoms with Crippen LogP contribution < -0.4 is 14.8 Å². The molecule has 0 fully saturated rings. The highest BCUT2D eigenvalue weighted by molar-refractivity contribution is 9.10. The van der Waals surface area contributed by atoms with Crippen molar-refractivity contribution < 1.29 is 14.3 Å². The molecule has 1 N–H and O–H groups in total. The Balaban J connectivity index is 1.59. The van der Waals surface area contributed by atoms with Gasteiger partial charge in [-0.1, -0.05) is 36.4 Å². The Morgan fingerprint density at radius 3 is 2.54 bits per heavy atom. The largest absolute Gasteiger partial charge is 0.494 e. The third kappa shape index (κ3) is 5.60. The van der Waals surface area contributed by atoms with Crippen molar-refractivity contribution in [3.63, 3.8) is 0 Å². The summed E-state index contributed by atoms with van der Waals surface area (Å²) in [5, 5.41) is 2.89. The Bertz CT molecular complexity index is 928. The minimum atomic E-state index is -0.190. The number of hydrogen-bond donors (Lipinski definition) is 1. The number of rotatable bonds is 8. The molecular weight excluding hydrogens is 418 g/mol. The fourth-order valence-corrected chi connectivity index (χ4v) is 3.21. The van der Waals surface area contributed by atoms with E-state index in [2.05, 4.69) is 33.4 Å². The summed E-state index contributed by atoms with van der Waals surface area (Å²) in [6.45, 7) is 3.07. The quantitative estimate of drug-likeness (QED) is 0.487. The molecule has 0 aromatic heterocycles. The van der Waals surface area contributed by atoms with Crippen molar-refractivity contribution in [2.45, 2.75) is 13.3 Å². The third-order valence-electron chi connectivity index (χ3n) is 4.09. The van der Waals surface area contributed by atoms with E-state index in [0.29, 0.717) is 30.2 Å². The molecule has 0 spiro atoms. The predicted octanol–water partition coefficient (Wildman–Crippen LogP) is 5.72. The van der Waals surface area contributed by atoms with Gasteiger partial charge in [-0.05, 0) is 58.7 Å². The average Bonchev–Trinajstić information content (AvgIpc) is 2.70. The van der Waals surface area contributed by atoms with Crippen LogP contribution in [0.2, 0.25) is 0 Å². The maximum Gasteiger partial charge on any atom is 0.255 e. The first-order valence-corrected chi connectivity index (χ1v) is 9.95. The number of benzene rings is 3. The predicted molar refractivity (Wildman–Crippen MR) is 115 cm³/mol. The molecule has 0 saturated heterocycles. The summed E-state index contributed by atoms with van der Waals surface area (Å²) in [5.74, 6) is 1.25. The van der Waals surface area contributed by atoms with Gasteiger partial charge in [-0.25, -0.2) is 0 Å². The van der Waals surface area contributed by atoms with Gasteiger partial charge in [0.05, 0.1) is 17.7 Å². The Hall–Kier alpha value is -2.79. The normalized spacial score (nSPS) is 10.4. The zero-order valence-electron chi connectivity index (χ0n) is 15.7. The lowest BCUT2D eigenvalue weighted by Gasteiger charge is -2.11. The van der Waals surface area contributed by atoms with Crippen LogP contribution in [0.15, 0.2) is 77.3 Å². The number of anilines is 1. The summed E-state index contributed by atoms with van der Waals surface area (Å²) in [6.07, 6.45) is 0.825. The Labute approximate surface area is 173 Å². The summed E-state index contributed by atoms with van der Waals surface area (Å²) >= 11 is 3.49. The third-order valence-corrected chi connectivity index (χ3v) is 4.71. The van der Waals surface area contributed by atoms with Crippen LogP contribution in [0.25, 0.3) is 0 Å². The zero-order chi connectivity index (χ0) is 19.8. The lowest BCUT2D eigenvalue weighted by atomic mass is 10.1. The molecule has 3 rings (SSSR count). The molecule has 0 aliphatic heterocycles. The molecule has 3 aromatic rings. The van der Waals surface area contributed by atoms with E-state index in [-0.39, 0.29) is 5.91 Å². The zero-order valence-corrected chi connectivity index (χ0v) is 17.2. The summed E-state index contributed by atoms with van der Waals surface area (Å²) in [6, 6.07) is 22.8. The van der Waals surface area contributed by atoms with Crippen molar-refractivity contribution in [1.29, 1.82) is 0 Å². The molecule has 5 heteroatoms. The van der Waals surface area contributed by atoms with E-state index in [4.69, 9.17) is 9.47 Å². The molecule has 1 amide bonds. The highest BCUT2D eigenvalue weighted by atomic mass is 79.9. The first-order valence-electron chi connectivity index (χ1n) is 9.16. The minimum Gasteiger partial charge on any atom is -0.494 e. The van der Waals surface area contributed by atoms with Gasteiger partial charge in [-0.2, -0.15) is 0 Å². The maximum atomic E-state index is 12.5. The molecule has 3 aromatic carbocycles. The van der Waals surface area contributed by atoms with Gasteiger partial charge < -0.3 is 14.8 Å². The molecule has 0 heterocycles. The Morgan fingerprint density at radius 2 is 1.79 bits per heavy atom. The average molecular weight is 440 g/mol. The highest BCUT2D eigenvalue weighted by Gasteiger charge is 2.10. The molecule has 0 aliphatic carbocycles. The molecule has 0 aliphatic rings. The number of carbonyl (C=O) groups excluding carboxylic acids is 1. The Morgan fingerprint density at radius 1 is 0.964 bits per heavy atom. The van der Waals surface area contributed by atoms with E-state index in [1.54, 1.807) is 24.3 Å². The topological polar surface area (TPSA) is 47.6 Å². The standard InChI is InChI=1S/C23H22BrNO3/c1-2-27-20-10-6-9-19(16-20)25-23(26)18-11-12-22(21(24)15-18)28-14-13-17-7-4-3-5-8-17/h3-12,15-16H,2,13-14H2,1H3,(H,25,26). The van der Waals surface area contributed by atoms with E-state index < -0.39 is 0 Å². The van der Waals surface area contributed by atoms with Gasteiger partial charge >= 0.3 is 0 Å². The van der Waals surface area contributed by atoms with Crippen LogP contribution >= 0.6 is 15.9 Å². The van der Waals surface area contributed by atoms with Gasteiger partial charge in [0, 0.05) is 23.7 Å². The van der Waals surface area contributed by atoms with Crippen molar-refractivity contribution in [1.82, 2.24) is 0 Å². The number of halogens is 1. The van der Waals surface area contributed by atoms with Crippen LogP contribution in [-0.4, -0.2) is 19.1 Å². The Kier molecular flexibility index (Phi) is 7.09. The minimum absolute atomic E-state index is 0.190. The fourth-order valence-electron chi connectivity index (χ4n) is 2.72. The van der Waals surface area contributed by atoms with Crippen molar-refractivity contribution in [2.24, 2.45) is 0 Å². The van der Waals surface area contributed by atoms with Gasteiger partial charge in [0.25, 0.3) is 5.91 Å². The van der Waals surface area contributed by atoms with Gasteiger partial charge in [-0.3, -0.25) is 4.79 Å². The maximum absolute atomic E-state index is 12.5. The number of hydrogen-bond acceptors (Lipinski definition) is 3. The first-order chi connectivity index (χ1) is 13.7. The van der Waals surface area contributed by atoms with E-state index in [1.807, 2.05) is 43.3 Å². The monoisotopic (exact) mass is 439 g/mol. The van der Waals surface area contributed by atoms with E-state index in [9.17, 15) is 4.79 Å². The van der Waals surface area contributed by atoms with Crippen LogP contribution in [0.3, 0.4) is 0 Å². The smallest absolute Gasteiger partial charge is 0.255 e. The first kappa shape index (κ1) is 20.0. The molecule has 144 valence electrons. The van der Waals surface area contributed by atoms with Gasteiger partial charge in [0.1, 0.15) is 11.5 Å². The SMILES string of the molecule is CCOc1cccc(NC(=O)c2ccc(OCCc3ccccc3)c(Br)c2)c1. The lowest BCUT2D eigenvalue weighted by molar-refractivity contribution is 0.102. The van der Waals surface area contributed by atoms with Gasteiger partial charge in [0.15, 0.2) is 0 Å². The van der Waals surface area contributed by atoms with Gasteiger partial charge in [-0.15, -0.1) is 0 Å². The second-order valence-corrected chi connectivity index (χ2v) is 7.00. The molecule has 0 saturated carbocycles. The molecule has 28 heavy (non-hydrogen) atoms. The summed E-state index contributed by atoms with van der Waals surface area (Å²) in [4.78, 5) is 12.5. The molecule has 0 unspecified atom stereocenters. The van der Waals surface area contributed by atoms with Crippen LogP contribution in [0.1, 0.15) is 22.8 Å². The number of nitrogens with one attached hydrogen (secondary N) is 1. The lowest BCUT2D eigenvalue weighted by Crippen LogP contribution is -2.12. The van der Waals surface area contributed by atoms with Crippen LogP contribution in [0.4, 0.5) is 5.69 Å². The van der Waals surface area contributed by atoms with Gasteiger partial charge in [0.2, 0.25) is 0 Å². The summed E-state index contributed by atoms with van der Waals surface area (Å²) < 4.78 is 12.1. The highest BCUT2D eigenvalue weighted by Crippen LogP contribution is 2.27. The number of ether oxygens (including phenoxy) is 2. The van der Waals surface area contributed by atoms with Crippen LogP contribution in [0.5, 0.6) is 11.5 Å². The summed E-state index contributed by atoms with van der Waals surface area (Å²) in [7, 11) is 0. The van der Waals surface area contributed by atoms with Crippen molar-refractivity contribution in [3.8, 4) is 11.5 Å². The fraction of sp³-hybridized carbons (Fsp3) is 0.174. The molecule has 0 atom stereocenters. The molecule has 0 bridgehead atoms. The molecule has 4 nitrogen and oxygen atoms in total. The van der Waals surface area contributed by atoms with E-state index in [1.165, 1.54) is 5.56 Å². The molecule has 0 radical (unpaired) electrons. The van der Waals surface area contributed by atoms with E-state index in [0.717, 1.165) is 16.6 Å². The van der Waals surface area contributed by atoms with Crippen LogP contribution in [0, 0.1) is 0 Å². The number of amides is 1. The molecular formula is C23H22BrNO3. The van der Waals surface area contributed by atoms with Crippen molar-refractivity contribution in [2.75, 3.05) is 18.5 Å².